The highest BCUT2D eigenvalue weighted by Gasteiger charge is 2.11. The fraction of sp³-hybridized carbons (Fsp3) is 0.222. The molecule has 4 heteroatoms. The third kappa shape index (κ3) is 2.60. The van der Waals surface area contributed by atoms with Crippen molar-refractivity contribution in [3.8, 4) is 0 Å². The predicted molar refractivity (Wildman–Crippen MR) is 87.2 cm³/mol. The monoisotopic (exact) mass is 295 g/mol. The SMILES string of the molecule is CCCCNC(=O)c1ccc2oc3ccccc3c(=O)c2c1. The molecule has 0 saturated heterocycles. The van der Waals surface area contributed by atoms with Crippen LogP contribution in [-0.4, -0.2) is 12.5 Å². The first-order valence-electron chi connectivity index (χ1n) is 7.44. The van der Waals surface area contributed by atoms with E-state index in [1.54, 1.807) is 36.4 Å². The van der Waals surface area contributed by atoms with Crippen LogP contribution in [0.4, 0.5) is 0 Å². The van der Waals surface area contributed by atoms with E-state index in [0.29, 0.717) is 34.0 Å². The van der Waals surface area contributed by atoms with E-state index in [9.17, 15) is 9.59 Å². The van der Waals surface area contributed by atoms with Crippen molar-refractivity contribution in [2.45, 2.75) is 19.8 Å². The largest absolute Gasteiger partial charge is 0.456 e. The van der Waals surface area contributed by atoms with Crippen LogP contribution in [0.25, 0.3) is 21.9 Å². The molecule has 22 heavy (non-hydrogen) atoms. The van der Waals surface area contributed by atoms with E-state index in [4.69, 9.17) is 4.42 Å². The van der Waals surface area contributed by atoms with Crippen molar-refractivity contribution in [3.05, 3.63) is 58.3 Å². The first-order valence-corrected chi connectivity index (χ1v) is 7.44. The number of para-hydroxylation sites is 1. The van der Waals surface area contributed by atoms with Crippen molar-refractivity contribution in [2.24, 2.45) is 0 Å². The van der Waals surface area contributed by atoms with E-state index >= 15 is 0 Å². The lowest BCUT2D eigenvalue weighted by molar-refractivity contribution is 0.0953. The minimum atomic E-state index is -0.164. The number of hydrogen-bond acceptors (Lipinski definition) is 3. The van der Waals surface area contributed by atoms with Crippen LogP contribution >= 0.6 is 0 Å². The van der Waals surface area contributed by atoms with Gasteiger partial charge in [-0.3, -0.25) is 9.59 Å². The molecule has 1 N–H and O–H groups in total. The van der Waals surface area contributed by atoms with Gasteiger partial charge < -0.3 is 9.73 Å². The second-order valence-electron chi connectivity index (χ2n) is 5.25. The van der Waals surface area contributed by atoms with Gasteiger partial charge in [0.2, 0.25) is 5.43 Å². The van der Waals surface area contributed by atoms with E-state index in [0.717, 1.165) is 12.8 Å². The number of unbranched alkanes of at least 4 members (excludes halogenated alkanes) is 1. The maximum Gasteiger partial charge on any atom is 0.251 e. The van der Waals surface area contributed by atoms with Crippen LogP contribution < -0.4 is 10.7 Å². The zero-order valence-corrected chi connectivity index (χ0v) is 12.4. The summed E-state index contributed by atoms with van der Waals surface area (Å²) in [5.74, 6) is -0.164. The second kappa shape index (κ2) is 6.02. The molecule has 0 aliphatic rings. The molecule has 0 aliphatic heterocycles. The highest BCUT2D eigenvalue weighted by Crippen LogP contribution is 2.19. The smallest absolute Gasteiger partial charge is 0.251 e. The van der Waals surface area contributed by atoms with Crippen molar-refractivity contribution >= 4 is 27.8 Å². The third-order valence-corrected chi connectivity index (χ3v) is 3.65. The molecule has 1 heterocycles. The average molecular weight is 295 g/mol. The van der Waals surface area contributed by atoms with Crippen molar-refractivity contribution < 1.29 is 9.21 Å². The van der Waals surface area contributed by atoms with E-state index < -0.39 is 0 Å². The van der Waals surface area contributed by atoms with Crippen LogP contribution in [0.3, 0.4) is 0 Å². The molecule has 3 rings (SSSR count). The molecule has 0 bridgehead atoms. The topological polar surface area (TPSA) is 59.3 Å². The lowest BCUT2D eigenvalue weighted by Gasteiger charge is -2.06. The van der Waals surface area contributed by atoms with Crippen LogP contribution in [0.5, 0.6) is 0 Å². The molecule has 0 spiro atoms. The summed E-state index contributed by atoms with van der Waals surface area (Å²) in [4.78, 5) is 24.6. The first kappa shape index (κ1) is 14.3. The Kier molecular flexibility index (Phi) is 3.92. The number of benzene rings is 2. The van der Waals surface area contributed by atoms with Gasteiger partial charge in [-0.25, -0.2) is 0 Å². The Balaban J connectivity index is 2.06. The summed E-state index contributed by atoms with van der Waals surface area (Å²) >= 11 is 0. The Hall–Kier alpha value is -2.62. The third-order valence-electron chi connectivity index (χ3n) is 3.65. The summed E-state index contributed by atoms with van der Waals surface area (Å²) in [6.45, 7) is 2.71. The van der Waals surface area contributed by atoms with Crippen LogP contribution in [0.15, 0.2) is 51.7 Å². The number of nitrogens with one attached hydrogen (secondary N) is 1. The van der Waals surface area contributed by atoms with Crippen LogP contribution in [0.2, 0.25) is 0 Å². The first-order chi connectivity index (χ1) is 10.7. The molecule has 0 atom stereocenters. The van der Waals surface area contributed by atoms with E-state index in [1.807, 2.05) is 6.07 Å². The van der Waals surface area contributed by atoms with E-state index in [-0.39, 0.29) is 11.3 Å². The van der Waals surface area contributed by atoms with Gasteiger partial charge in [0.15, 0.2) is 0 Å². The quantitative estimate of drug-likeness (QED) is 0.592. The predicted octanol–water partition coefficient (Wildman–Crippen LogP) is 3.48. The lowest BCUT2D eigenvalue weighted by Crippen LogP contribution is -2.24. The summed E-state index contributed by atoms with van der Waals surface area (Å²) in [5, 5.41) is 3.81. The van der Waals surface area contributed by atoms with Gasteiger partial charge in [-0.1, -0.05) is 25.5 Å². The van der Waals surface area contributed by atoms with Crippen molar-refractivity contribution in [1.29, 1.82) is 0 Å². The molecular weight excluding hydrogens is 278 g/mol. The number of fused-ring (bicyclic) bond motifs is 2. The van der Waals surface area contributed by atoms with Gasteiger partial charge in [-0.05, 0) is 36.8 Å². The maximum absolute atomic E-state index is 12.5. The fourth-order valence-electron chi connectivity index (χ4n) is 2.43. The van der Waals surface area contributed by atoms with Crippen LogP contribution in [-0.2, 0) is 0 Å². The normalized spacial score (nSPS) is 11.0. The molecule has 1 amide bonds. The number of hydrogen-bond donors (Lipinski definition) is 1. The van der Waals surface area contributed by atoms with Gasteiger partial charge in [-0.2, -0.15) is 0 Å². The van der Waals surface area contributed by atoms with E-state index in [2.05, 4.69) is 12.2 Å². The Morgan fingerprint density at radius 2 is 1.86 bits per heavy atom. The van der Waals surface area contributed by atoms with Crippen molar-refractivity contribution in [1.82, 2.24) is 5.32 Å². The minimum Gasteiger partial charge on any atom is -0.456 e. The number of amides is 1. The highest BCUT2D eigenvalue weighted by atomic mass is 16.3. The molecule has 3 aromatic rings. The molecule has 1 aromatic heterocycles. The zero-order chi connectivity index (χ0) is 15.5. The molecule has 112 valence electrons. The van der Waals surface area contributed by atoms with Gasteiger partial charge in [0.25, 0.3) is 5.91 Å². The molecule has 4 nitrogen and oxygen atoms in total. The van der Waals surface area contributed by atoms with Gasteiger partial charge in [-0.15, -0.1) is 0 Å². The molecule has 0 fully saturated rings. The summed E-state index contributed by atoms with van der Waals surface area (Å²) < 4.78 is 5.73. The lowest BCUT2D eigenvalue weighted by atomic mass is 10.1. The van der Waals surface area contributed by atoms with Gasteiger partial charge in [0, 0.05) is 12.1 Å². The standard InChI is InChI=1S/C18H17NO3/c1-2-3-10-19-18(21)12-8-9-16-14(11-12)17(20)13-6-4-5-7-15(13)22-16/h4-9,11H,2-3,10H2,1H3,(H,19,21). The number of carbonyl (C=O) groups is 1. The summed E-state index contributed by atoms with van der Waals surface area (Å²) in [6.07, 6.45) is 1.96. The Labute approximate surface area is 127 Å². The minimum absolute atomic E-state index is 0.111. The van der Waals surface area contributed by atoms with Gasteiger partial charge in [0.05, 0.1) is 10.8 Å². The Morgan fingerprint density at radius 3 is 2.68 bits per heavy atom. The molecule has 2 aromatic carbocycles. The van der Waals surface area contributed by atoms with Crippen LogP contribution in [0, 0.1) is 0 Å². The summed E-state index contributed by atoms with van der Waals surface area (Å²) in [7, 11) is 0. The Bertz CT molecular complexity index is 896. The Morgan fingerprint density at radius 1 is 1.09 bits per heavy atom. The highest BCUT2D eigenvalue weighted by molar-refractivity contribution is 5.99. The van der Waals surface area contributed by atoms with Crippen molar-refractivity contribution in [2.75, 3.05) is 6.54 Å². The number of carbonyl (C=O) groups excluding carboxylic acids is 1. The molecule has 0 unspecified atom stereocenters. The second-order valence-corrected chi connectivity index (χ2v) is 5.25. The molecular formula is C18H17NO3. The van der Waals surface area contributed by atoms with E-state index in [1.165, 1.54) is 0 Å². The van der Waals surface area contributed by atoms with Crippen molar-refractivity contribution in [3.63, 3.8) is 0 Å². The zero-order valence-electron chi connectivity index (χ0n) is 12.4. The summed E-state index contributed by atoms with van der Waals surface area (Å²) in [6, 6.07) is 12.1. The molecule has 0 aliphatic carbocycles. The molecule has 0 radical (unpaired) electrons. The van der Waals surface area contributed by atoms with Gasteiger partial charge in [0.1, 0.15) is 11.2 Å². The maximum atomic E-state index is 12.5. The average Bonchev–Trinajstić information content (AvgIpc) is 2.55. The van der Waals surface area contributed by atoms with Crippen LogP contribution in [0.1, 0.15) is 30.1 Å². The molecule has 0 saturated carbocycles. The number of rotatable bonds is 4. The van der Waals surface area contributed by atoms with Gasteiger partial charge >= 0.3 is 0 Å². The summed E-state index contributed by atoms with van der Waals surface area (Å²) in [5.41, 5.74) is 1.42. The fourth-order valence-corrected chi connectivity index (χ4v) is 2.43.